The Hall–Kier alpha value is -4.14. The number of fused-ring (bicyclic) bond motifs is 1. The maximum absolute atomic E-state index is 12.8. The Bertz CT molecular complexity index is 1420. The molecule has 8 heteroatoms. The fourth-order valence-electron chi connectivity index (χ4n) is 4.53. The van der Waals surface area contributed by atoms with E-state index < -0.39 is 18.0 Å². The number of hydrogen-bond acceptors (Lipinski definition) is 6. The summed E-state index contributed by atoms with van der Waals surface area (Å²) in [6.07, 6.45) is 0.104. The van der Waals surface area contributed by atoms with Gasteiger partial charge >= 0.3 is 5.97 Å². The molecule has 3 aromatic carbocycles. The molecule has 0 bridgehead atoms. The third-order valence-electron chi connectivity index (χ3n) is 6.43. The number of ether oxygens (including phenoxy) is 2. The average Bonchev–Trinajstić information content (AvgIpc) is 3.29. The number of esters is 1. The van der Waals surface area contributed by atoms with Gasteiger partial charge in [-0.05, 0) is 73.9 Å². The molecule has 2 atom stereocenters. The molecule has 0 radical (unpaired) electrons. The van der Waals surface area contributed by atoms with Crippen LogP contribution in [0.3, 0.4) is 0 Å². The van der Waals surface area contributed by atoms with Gasteiger partial charge in [0.2, 0.25) is 5.91 Å². The first kappa shape index (κ1) is 27.9. The van der Waals surface area contributed by atoms with Gasteiger partial charge in [0.05, 0.1) is 6.61 Å². The Morgan fingerprint density at radius 3 is 2.54 bits per heavy atom. The molecule has 1 aromatic heterocycles. The van der Waals surface area contributed by atoms with Gasteiger partial charge in [-0.1, -0.05) is 36.4 Å². The van der Waals surface area contributed by atoms with E-state index in [1.165, 1.54) is 0 Å². The monoisotopic (exact) mass is 529 g/mol. The summed E-state index contributed by atoms with van der Waals surface area (Å²) < 4.78 is 12.8. The Balaban J connectivity index is 1.45. The zero-order valence-corrected chi connectivity index (χ0v) is 22.3. The summed E-state index contributed by atoms with van der Waals surface area (Å²) in [7, 11) is 0. The summed E-state index contributed by atoms with van der Waals surface area (Å²) in [6, 6.07) is 24.6. The van der Waals surface area contributed by atoms with E-state index in [1.54, 1.807) is 25.1 Å². The molecule has 0 spiro atoms. The topological polar surface area (TPSA) is 116 Å². The summed E-state index contributed by atoms with van der Waals surface area (Å²) in [4.78, 5) is 24.4. The van der Waals surface area contributed by atoms with Crippen molar-refractivity contribution in [2.24, 2.45) is 5.73 Å². The smallest absolute Gasteiger partial charge is 0.354 e. The predicted molar refractivity (Wildman–Crippen MR) is 151 cm³/mol. The van der Waals surface area contributed by atoms with Crippen molar-refractivity contribution in [2.75, 3.05) is 19.8 Å². The summed E-state index contributed by atoms with van der Waals surface area (Å²) in [6.45, 7) is 5.12. The van der Waals surface area contributed by atoms with Crippen LogP contribution in [0.5, 0.6) is 5.75 Å². The van der Waals surface area contributed by atoms with Crippen molar-refractivity contribution in [3.8, 4) is 5.75 Å². The quantitative estimate of drug-likeness (QED) is 0.226. The number of nitrogens with zero attached hydrogens (tertiary/aromatic N) is 1. The van der Waals surface area contributed by atoms with E-state index in [4.69, 9.17) is 15.2 Å². The molecule has 0 unspecified atom stereocenters. The van der Waals surface area contributed by atoms with Crippen LogP contribution >= 0.6 is 0 Å². The van der Waals surface area contributed by atoms with Gasteiger partial charge in [-0.3, -0.25) is 4.79 Å². The highest BCUT2D eigenvalue weighted by atomic mass is 16.5. The standard InChI is InChI=1S/C31H35N3O5/c1-3-38-31(37)29-17-25-15-22(14-21(2)33-18-26(35)20-39-27-10-5-4-6-11-27)12-13-28(25)34(29)19-23-8-7-9-24(16-23)30(32)36/h4-13,15-17,21,26,33,35H,3,14,18-20H2,1-2H3,(H2,32,36)/t21-,26+/m1/s1. The highest BCUT2D eigenvalue weighted by Crippen LogP contribution is 2.24. The van der Waals surface area contributed by atoms with Crippen LogP contribution < -0.4 is 15.8 Å². The van der Waals surface area contributed by atoms with Crippen molar-refractivity contribution in [3.05, 3.63) is 101 Å². The molecule has 1 heterocycles. The lowest BCUT2D eigenvalue weighted by Gasteiger charge is -2.18. The number of carbonyl (C=O) groups is 2. The molecule has 0 aliphatic rings. The number of nitrogens with two attached hydrogens (primary N) is 1. The van der Waals surface area contributed by atoms with Crippen molar-refractivity contribution < 1.29 is 24.2 Å². The Kier molecular flexibility index (Phi) is 9.35. The van der Waals surface area contributed by atoms with Gasteiger partial charge in [0.25, 0.3) is 0 Å². The minimum absolute atomic E-state index is 0.108. The lowest BCUT2D eigenvalue weighted by Crippen LogP contribution is -2.37. The van der Waals surface area contributed by atoms with E-state index in [1.807, 2.05) is 59.2 Å². The molecule has 4 N–H and O–H groups in total. The van der Waals surface area contributed by atoms with Crippen LogP contribution in [0.25, 0.3) is 10.9 Å². The van der Waals surface area contributed by atoms with Gasteiger partial charge in [0, 0.05) is 35.6 Å². The number of aliphatic hydroxyl groups excluding tert-OH is 1. The minimum Gasteiger partial charge on any atom is -0.491 e. The average molecular weight is 530 g/mol. The third-order valence-corrected chi connectivity index (χ3v) is 6.43. The molecule has 0 aliphatic heterocycles. The molecule has 39 heavy (non-hydrogen) atoms. The Labute approximate surface area is 228 Å². The van der Waals surface area contributed by atoms with Crippen molar-refractivity contribution in [3.63, 3.8) is 0 Å². The summed E-state index contributed by atoms with van der Waals surface area (Å²) in [5.74, 6) is -0.168. The number of hydrogen-bond donors (Lipinski definition) is 3. The number of nitrogens with one attached hydrogen (secondary N) is 1. The molecule has 0 saturated heterocycles. The van der Waals surface area contributed by atoms with E-state index in [0.29, 0.717) is 24.3 Å². The lowest BCUT2D eigenvalue weighted by molar-refractivity contribution is 0.0515. The van der Waals surface area contributed by atoms with Crippen molar-refractivity contribution in [2.45, 2.75) is 39.0 Å². The fraction of sp³-hybridized carbons (Fsp3) is 0.290. The molecule has 0 saturated carbocycles. The molecule has 4 rings (SSSR count). The van der Waals surface area contributed by atoms with Crippen molar-refractivity contribution in [1.29, 1.82) is 0 Å². The number of carbonyl (C=O) groups excluding carboxylic acids is 2. The zero-order valence-electron chi connectivity index (χ0n) is 22.3. The molecule has 0 fully saturated rings. The van der Waals surface area contributed by atoms with Crippen LogP contribution in [0.1, 0.15) is 45.8 Å². The minimum atomic E-state index is -0.635. The second-order valence-corrected chi connectivity index (χ2v) is 9.59. The maximum atomic E-state index is 12.8. The van der Waals surface area contributed by atoms with E-state index in [9.17, 15) is 14.7 Å². The SMILES string of the molecule is CCOC(=O)c1cc2cc(C[C@@H](C)NC[C@H](O)COc3ccccc3)ccc2n1Cc1cccc(C(N)=O)c1. The van der Waals surface area contributed by atoms with Crippen LogP contribution in [-0.2, 0) is 17.7 Å². The van der Waals surface area contributed by atoms with Crippen LogP contribution in [0.2, 0.25) is 0 Å². The molecular weight excluding hydrogens is 494 g/mol. The number of amides is 1. The highest BCUT2D eigenvalue weighted by Gasteiger charge is 2.18. The predicted octanol–water partition coefficient (Wildman–Crippen LogP) is 3.93. The van der Waals surface area contributed by atoms with E-state index in [0.717, 1.165) is 34.2 Å². The normalized spacial score (nSPS) is 12.7. The summed E-state index contributed by atoms with van der Waals surface area (Å²) in [5.41, 5.74) is 9.16. The Morgan fingerprint density at radius 2 is 1.79 bits per heavy atom. The first-order chi connectivity index (χ1) is 18.8. The number of benzene rings is 3. The number of rotatable bonds is 13. The van der Waals surface area contributed by atoms with Gasteiger partial charge in [-0.15, -0.1) is 0 Å². The van der Waals surface area contributed by atoms with E-state index in [-0.39, 0.29) is 19.3 Å². The highest BCUT2D eigenvalue weighted by molar-refractivity contribution is 5.96. The Morgan fingerprint density at radius 1 is 1.00 bits per heavy atom. The maximum Gasteiger partial charge on any atom is 0.354 e. The zero-order chi connectivity index (χ0) is 27.8. The summed E-state index contributed by atoms with van der Waals surface area (Å²) in [5, 5.41) is 14.6. The second kappa shape index (κ2) is 13.1. The van der Waals surface area contributed by atoms with Crippen molar-refractivity contribution in [1.82, 2.24) is 9.88 Å². The molecule has 1 amide bonds. The van der Waals surface area contributed by atoms with Gasteiger partial charge in [-0.2, -0.15) is 0 Å². The van der Waals surface area contributed by atoms with E-state index in [2.05, 4.69) is 18.3 Å². The van der Waals surface area contributed by atoms with Gasteiger partial charge in [0.1, 0.15) is 24.2 Å². The van der Waals surface area contributed by atoms with E-state index >= 15 is 0 Å². The molecule has 0 aliphatic carbocycles. The number of primary amides is 1. The molecular formula is C31H35N3O5. The van der Waals surface area contributed by atoms with Gasteiger partial charge < -0.3 is 30.2 Å². The number of para-hydroxylation sites is 1. The largest absolute Gasteiger partial charge is 0.491 e. The van der Waals surface area contributed by atoms with Gasteiger partial charge in [0.15, 0.2) is 0 Å². The van der Waals surface area contributed by atoms with Crippen LogP contribution in [0.15, 0.2) is 78.9 Å². The van der Waals surface area contributed by atoms with Crippen LogP contribution in [-0.4, -0.2) is 53.5 Å². The second-order valence-electron chi connectivity index (χ2n) is 9.59. The van der Waals surface area contributed by atoms with Crippen LogP contribution in [0, 0.1) is 0 Å². The van der Waals surface area contributed by atoms with Gasteiger partial charge in [-0.25, -0.2) is 4.79 Å². The third kappa shape index (κ3) is 7.46. The van der Waals surface area contributed by atoms with Crippen molar-refractivity contribution >= 4 is 22.8 Å². The number of aliphatic hydroxyl groups is 1. The lowest BCUT2D eigenvalue weighted by atomic mass is 10.0. The first-order valence-corrected chi connectivity index (χ1v) is 13.1. The molecule has 4 aromatic rings. The number of aromatic nitrogens is 1. The summed E-state index contributed by atoms with van der Waals surface area (Å²) >= 11 is 0. The molecule has 8 nitrogen and oxygen atoms in total. The first-order valence-electron chi connectivity index (χ1n) is 13.1. The molecule has 204 valence electrons. The fourth-order valence-corrected chi connectivity index (χ4v) is 4.53. The van der Waals surface area contributed by atoms with Crippen LogP contribution in [0.4, 0.5) is 0 Å².